The smallest absolute Gasteiger partial charge is 0.164 e. The fourth-order valence-corrected chi connectivity index (χ4v) is 5.53. The molecule has 0 unspecified atom stereocenters. The molecule has 0 bridgehead atoms. The molecule has 4 rings (SSSR count). The van der Waals surface area contributed by atoms with Gasteiger partial charge in [0.2, 0.25) is 0 Å². The molecule has 0 saturated carbocycles. The van der Waals surface area contributed by atoms with Crippen LogP contribution in [0.2, 0.25) is 0 Å². The fourth-order valence-electron chi connectivity index (χ4n) is 5.53. The van der Waals surface area contributed by atoms with Gasteiger partial charge in [0.15, 0.2) is 25.7 Å². The van der Waals surface area contributed by atoms with Gasteiger partial charge in [-0.1, -0.05) is 159 Å². The Morgan fingerprint density at radius 3 is 0.781 bits per heavy atom. The van der Waals surface area contributed by atoms with Crippen molar-refractivity contribution >= 4 is 0 Å². The summed E-state index contributed by atoms with van der Waals surface area (Å²) >= 11 is 0. The molecule has 4 aromatic carbocycles. The second-order valence-corrected chi connectivity index (χ2v) is 13.3. The van der Waals surface area contributed by atoms with Gasteiger partial charge in [-0.2, -0.15) is 0 Å². The van der Waals surface area contributed by atoms with E-state index in [1.807, 2.05) is 13.8 Å². The molecule has 348 valence electrons. The molecule has 0 amide bonds. The van der Waals surface area contributed by atoms with E-state index < -0.39 is 94.5 Å². The van der Waals surface area contributed by atoms with Gasteiger partial charge in [0.05, 0.1) is 0 Å². The molecule has 0 atom stereocenters. The molecule has 4 radical (unpaired) electrons. The van der Waals surface area contributed by atoms with Crippen LogP contribution >= 0.6 is 0 Å². The Labute approximate surface area is 465 Å². The molecular formula is C44H44F16Y4-4. The minimum Gasteiger partial charge on any atom is -0.283 e. The number of hydrogen-bond donors (Lipinski definition) is 0. The predicted octanol–water partition coefficient (Wildman–Crippen LogP) is 16.5. The van der Waals surface area contributed by atoms with E-state index in [1.165, 1.54) is 6.92 Å². The second kappa shape index (κ2) is 37.5. The molecule has 0 spiro atoms. The van der Waals surface area contributed by atoms with Crippen LogP contribution in [0.5, 0.6) is 0 Å². The van der Waals surface area contributed by atoms with E-state index in [2.05, 4.69) is 6.92 Å². The molecule has 0 nitrogen and oxygen atoms in total. The van der Waals surface area contributed by atoms with Gasteiger partial charge < -0.3 is 0 Å². The van der Waals surface area contributed by atoms with Gasteiger partial charge in [0, 0.05) is 177 Å². The summed E-state index contributed by atoms with van der Waals surface area (Å²) in [4.78, 5) is 0. The molecule has 0 aromatic heterocycles. The number of halogens is 16. The van der Waals surface area contributed by atoms with Gasteiger partial charge in [0.25, 0.3) is 0 Å². The first-order chi connectivity index (χ1) is 28.2. The molecule has 20 heteroatoms. The third kappa shape index (κ3) is 25.3. The van der Waals surface area contributed by atoms with Crippen LogP contribution in [0.25, 0.3) is 0 Å². The largest absolute Gasteiger partial charge is 0.283 e. The van der Waals surface area contributed by atoms with E-state index in [-0.39, 0.29) is 136 Å². The zero-order valence-electron chi connectivity index (χ0n) is 35.5. The van der Waals surface area contributed by atoms with E-state index >= 15 is 0 Å². The minimum absolute atomic E-state index is 0. The summed E-state index contributed by atoms with van der Waals surface area (Å²) in [5, 5.41) is 0. The Morgan fingerprint density at radius 2 is 0.531 bits per heavy atom. The van der Waals surface area contributed by atoms with E-state index in [0.29, 0.717) is 42.4 Å². The monoisotopic (exact) mass is 1230 g/mol. The third-order valence-electron chi connectivity index (χ3n) is 8.42. The van der Waals surface area contributed by atoms with E-state index in [4.69, 9.17) is 0 Å². The van der Waals surface area contributed by atoms with Crippen LogP contribution in [0.15, 0.2) is 48.5 Å². The van der Waals surface area contributed by atoms with E-state index in [1.54, 1.807) is 0 Å². The van der Waals surface area contributed by atoms with Gasteiger partial charge in [-0.15, -0.1) is 0 Å². The van der Waals surface area contributed by atoms with Crippen molar-refractivity contribution < 1.29 is 201 Å². The van der Waals surface area contributed by atoms with E-state index in [9.17, 15) is 70.2 Å². The maximum absolute atomic E-state index is 13.3. The Kier molecular flexibility index (Phi) is 41.2. The summed E-state index contributed by atoms with van der Waals surface area (Å²) in [5.41, 5.74) is -3.34. The van der Waals surface area contributed by atoms with Gasteiger partial charge in [-0.3, -0.25) is 70.2 Å². The van der Waals surface area contributed by atoms with Crippen LogP contribution in [-0.2, 0) is 150 Å². The normalized spacial score (nSPS) is 9.81. The quantitative estimate of drug-likeness (QED) is 0.0596. The Morgan fingerprint density at radius 1 is 0.312 bits per heavy atom. The Balaban J connectivity index is -0.000000371. The first-order valence-corrected chi connectivity index (χ1v) is 18.8. The van der Waals surface area contributed by atoms with E-state index in [0.717, 1.165) is 99.9 Å². The molecule has 0 heterocycles. The first-order valence-electron chi connectivity index (χ1n) is 18.8. The molecule has 64 heavy (non-hydrogen) atoms. The molecule has 0 N–H and O–H groups in total. The third-order valence-corrected chi connectivity index (χ3v) is 8.42. The average molecular weight is 1230 g/mol. The Bertz CT molecular complexity index is 1800. The van der Waals surface area contributed by atoms with Crippen molar-refractivity contribution in [2.45, 2.75) is 105 Å². The molecular weight excluding hydrogens is 1190 g/mol. The summed E-state index contributed by atoms with van der Waals surface area (Å²) in [6.07, 6.45) is 0.815. The topological polar surface area (TPSA) is 0 Å². The van der Waals surface area contributed by atoms with Gasteiger partial charge in [0.1, 0.15) is 0 Å². The maximum atomic E-state index is 13.3. The van der Waals surface area contributed by atoms with Gasteiger partial charge in [-0.05, 0) is 39.0 Å². The van der Waals surface area contributed by atoms with Crippen LogP contribution in [-0.4, -0.2) is 0 Å². The van der Waals surface area contributed by atoms with Crippen molar-refractivity contribution in [2.24, 2.45) is 0 Å². The number of aryl methyl sites for hydroxylation is 4. The van der Waals surface area contributed by atoms with Gasteiger partial charge >= 0.3 is 0 Å². The summed E-state index contributed by atoms with van der Waals surface area (Å²) in [6, 6.07) is 7.56. The van der Waals surface area contributed by atoms with Crippen LogP contribution in [0, 0.1) is 79.2 Å². The summed E-state index contributed by atoms with van der Waals surface area (Å²) < 4.78 is 201. The zero-order chi connectivity index (χ0) is 45.7. The Hall–Kier alpha value is -0.344. The number of unbranched alkanes of at least 4 members (excludes halogenated alkanes) is 6. The standard InChI is InChI=1S/C14H17F4.C12H13F4.C10H9F4.C8H5F4.4Y/c1-2-3-4-5-6-7-10-8-11(15)13(14(17)18)12(16)9-10;1-2-3-4-5-8-6-9(13)11(12(15)16)10(14)7-8;1-2-3-6-4-7(11)9(10(13)14)8(12)5-6;1-4-2-5(9)7(8(11)12)6(10)3-4;;;;/h8-9H,2-7H2,1H3;6-7H,2-5H2,1H3;4-5H,2-3H2,1H3;2-3H,1H3;;;;/q4*-1;;;;. The summed E-state index contributed by atoms with van der Waals surface area (Å²) in [7, 11) is 0. The van der Waals surface area contributed by atoms with Crippen LogP contribution in [0.4, 0.5) is 70.2 Å². The van der Waals surface area contributed by atoms with Crippen molar-refractivity contribution in [1.82, 2.24) is 0 Å². The molecule has 0 aliphatic carbocycles. The predicted molar refractivity (Wildman–Crippen MR) is 198 cm³/mol. The van der Waals surface area contributed by atoms with Crippen molar-refractivity contribution in [2.75, 3.05) is 0 Å². The SMILES string of the molecule is CCCCCCCc1cc(F)c([C-](F)F)c(F)c1.CCCCCc1cc(F)c([C-](F)F)c(F)c1.CCCc1cc(F)c([C-](F)F)c(F)c1.Cc1cc(F)c([C-](F)F)c(F)c1.[Y].[Y].[Y].[Y]. The summed E-state index contributed by atoms with van der Waals surface area (Å²) in [6.45, 7) is 7.38. The molecule has 0 saturated heterocycles. The molecule has 0 fully saturated rings. The van der Waals surface area contributed by atoms with Crippen molar-refractivity contribution in [3.05, 3.63) is 165 Å². The zero-order valence-corrected chi connectivity index (χ0v) is 46.8. The number of benzene rings is 4. The maximum Gasteiger partial charge on any atom is 0.164 e. The van der Waals surface area contributed by atoms with Crippen LogP contribution < -0.4 is 0 Å². The number of rotatable bonds is 16. The van der Waals surface area contributed by atoms with Crippen LogP contribution in [0.3, 0.4) is 0 Å². The summed E-state index contributed by atoms with van der Waals surface area (Å²) in [5.74, 6) is -9.60. The second-order valence-electron chi connectivity index (χ2n) is 13.3. The van der Waals surface area contributed by atoms with Crippen molar-refractivity contribution in [3.63, 3.8) is 0 Å². The molecule has 0 aliphatic rings. The van der Waals surface area contributed by atoms with Gasteiger partial charge in [-0.25, -0.2) is 0 Å². The first kappa shape index (κ1) is 70.2. The fraction of sp³-hybridized carbons (Fsp3) is 0.364. The van der Waals surface area contributed by atoms with Crippen molar-refractivity contribution in [1.29, 1.82) is 0 Å². The molecule has 0 aliphatic heterocycles. The number of hydrogen-bond acceptors (Lipinski definition) is 0. The minimum atomic E-state index is -2.34. The van der Waals surface area contributed by atoms with Crippen molar-refractivity contribution in [3.8, 4) is 0 Å². The molecule has 4 aromatic rings. The average Bonchev–Trinajstić information content (AvgIpc) is 3.11. The van der Waals surface area contributed by atoms with Crippen LogP contribution in [0.1, 0.15) is 123 Å².